The van der Waals surface area contributed by atoms with Gasteiger partial charge in [0, 0.05) is 30.1 Å². The van der Waals surface area contributed by atoms with Gasteiger partial charge in [0.1, 0.15) is 5.82 Å². The molecule has 1 saturated heterocycles. The molecule has 2 heterocycles. The van der Waals surface area contributed by atoms with Gasteiger partial charge in [-0.2, -0.15) is 4.98 Å². The van der Waals surface area contributed by atoms with Gasteiger partial charge < -0.3 is 18.9 Å². The number of nitrogens with zero attached hydrogens (tertiary/aromatic N) is 3. The molecule has 0 bridgehead atoms. The number of hydrogen-bond acceptors (Lipinski definition) is 6. The second kappa shape index (κ2) is 7.54. The number of hydrogen-bond donors (Lipinski definition) is 0. The number of anilines is 1. The molecule has 150 valence electrons. The van der Waals surface area contributed by atoms with Gasteiger partial charge in [-0.25, -0.2) is 4.39 Å². The van der Waals surface area contributed by atoms with E-state index in [4.69, 9.17) is 14.0 Å². The van der Waals surface area contributed by atoms with Gasteiger partial charge in [-0.15, -0.1) is 0 Å². The quantitative estimate of drug-likeness (QED) is 0.653. The molecule has 1 amide bonds. The maximum Gasteiger partial charge on any atom is 0.258 e. The number of benzene rings is 2. The number of carbonyl (C=O) groups excluding carboxylic acids is 1. The molecule has 1 unspecified atom stereocenters. The van der Waals surface area contributed by atoms with Crippen molar-refractivity contribution < 1.29 is 23.2 Å². The lowest BCUT2D eigenvalue weighted by Gasteiger charge is -2.16. The Morgan fingerprint density at radius 1 is 1.14 bits per heavy atom. The first-order valence-electron chi connectivity index (χ1n) is 9.12. The molecule has 1 aromatic heterocycles. The van der Waals surface area contributed by atoms with Crippen molar-refractivity contribution in [1.29, 1.82) is 0 Å². The monoisotopic (exact) mass is 397 g/mol. The van der Waals surface area contributed by atoms with Gasteiger partial charge in [0.25, 0.3) is 5.89 Å². The van der Waals surface area contributed by atoms with Gasteiger partial charge in [0.15, 0.2) is 17.3 Å². The summed E-state index contributed by atoms with van der Waals surface area (Å²) in [5, 5.41) is 4.07. The molecular formula is C21H20FN3O4. The summed E-state index contributed by atoms with van der Waals surface area (Å²) in [6.45, 7) is 2.08. The Morgan fingerprint density at radius 2 is 1.93 bits per heavy atom. The highest BCUT2D eigenvalue weighted by Gasteiger charge is 2.34. The number of halogens is 1. The van der Waals surface area contributed by atoms with E-state index in [-0.39, 0.29) is 24.1 Å². The molecule has 1 atom stereocenters. The lowest BCUT2D eigenvalue weighted by Crippen LogP contribution is -2.24. The molecule has 4 rings (SSSR count). The van der Waals surface area contributed by atoms with Crippen molar-refractivity contribution in [3.63, 3.8) is 0 Å². The number of amides is 1. The summed E-state index contributed by atoms with van der Waals surface area (Å²) >= 11 is 0. The van der Waals surface area contributed by atoms with Gasteiger partial charge >= 0.3 is 0 Å². The van der Waals surface area contributed by atoms with Crippen LogP contribution in [0, 0.1) is 12.7 Å². The standard InChI is InChI=1S/C21H20FN3O4/c1-12-8-15(5-6-16(12)22)25-11-14(10-19(25)26)20-23-21(29-24-20)13-4-7-17(27-2)18(9-13)28-3/h4-9,14H,10-11H2,1-3H3. The van der Waals surface area contributed by atoms with Crippen molar-refractivity contribution in [2.45, 2.75) is 19.3 Å². The zero-order chi connectivity index (χ0) is 20.5. The number of aromatic nitrogens is 2. The molecular weight excluding hydrogens is 377 g/mol. The summed E-state index contributed by atoms with van der Waals surface area (Å²) in [4.78, 5) is 18.6. The van der Waals surface area contributed by atoms with Crippen molar-refractivity contribution in [3.05, 3.63) is 53.6 Å². The average Bonchev–Trinajstić information content (AvgIpc) is 3.36. The van der Waals surface area contributed by atoms with Crippen LogP contribution in [0.25, 0.3) is 11.5 Å². The molecule has 2 aromatic carbocycles. The van der Waals surface area contributed by atoms with E-state index < -0.39 is 0 Å². The highest BCUT2D eigenvalue weighted by atomic mass is 19.1. The Morgan fingerprint density at radius 3 is 2.66 bits per heavy atom. The van der Waals surface area contributed by atoms with E-state index in [0.717, 1.165) is 0 Å². The van der Waals surface area contributed by atoms with Crippen LogP contribution in [-0.4, -0.2) is 36.8 Å². The minimum absolute atomic E-state index is 0.0570. The van der Waals surface area contributed by atoms with E-state index in [1.54, 1.807) is 56.4 Å². The van der Waals surface area contributed by atoms with Gasteiger partial charge in [-0.3, -0.25) is 4.79 Å². The van der Waals surface area contributed by atoms with Gasteiger partial charge in [-0.05, 0) is 48.9 Å². The lowest BCUT2D eigenvalue weighted by atomic mass is 10.1. The van der Waals surface area contributed by atoms with Crippen LogP contribution in [0.1, 0.15) is 23.7 Å². The predicted molar refractivity (Wildman–Crippen MR) is 104 cm³/mol. The van der Waals surface area contributed by atoms with Crippen LogP contribution in [0.5, 0.6) is 11.5 Å². The fraction of sp³-hybridized carbons (Fsp3) is 0.286. The van der Waals surface area contributed by atoms with Crippen molar-refractivity contribution in [2.75, 3.05) is 25.7 Å². The molecule has 8 heteroatoms. The first kappa shape index (κ1) is 18.9. The SMILES string of the molecule is COc1ccc(-c2nc(C3CC(=O)N(c4ccc(F)c(C)c4)C3)no2)cc1OC. The van der Waals surface area contributed by atoms with Crippen LogP contribution in [-0.2, 0) is 4.79 Å². The molecule has 1 fully saturated rings. The molecule has 0 N–H and O–H groups in total. The second-order valence-corrected chi connectivity index (χ2v) is 6.87. The maximum absolute atomic E-state index is 13.5. The molecule has 0 aliphatic carbocycles. The Hall–Kier alpha value is -3.42. The molecule has 7 nitrogen and oxygen atoms in total. The third kappa shape index (κ3) is 3.53. The van der Waals surface area contributed by atoms with Crippen LogP contribution in [0.3, 0.4) is 0 Å². The fourth-order valence-electron chi connectivity index (χ4n) is 3.41. The number of carbonyl (C=O) groups is 1. The van der Waals surface area contributed by atoms with E-state index >= 15 is 0 Å². The molecule has 0 spiro atoms. The Kier molecular flexibility index (Phi) is 4.92. The van der Waals surface area contributed by atoms with E-state index in [1.165, 1.54) is 6.07 Å². The van der Waals surface area contributed by atoms with E-state index in [0.29, 0.717) is 46.6 Å². The fourth-order valence-corrected chi connectivity index (χ4v) is 3.41. The van der Waals surface area contributed by atoms with E-state index in [9.17, 15) is 9.18 Å². The minimum atomic E-state index is -0.297. The summed E-state index contributed by atoms with van der Waals surface area (Å²) in [7, 11) is 3.12. The minimum Gasteiger partial charge on any atom is -0.493 e. The van der Waals surface area contributed by atoms with Crippen molar-refractivity contribution >= 4 is 11.6 Å². The third-order valence-electron chi connectivity index (χ3n) is 5.02. The molecule has 0 saturated carbocycles. The van der Waals surface area contributed by atoms with Crippen molar-refractivity contribution in [1.82, 2.24) is 10.1 Å². The summed E-state index contributed by atoms with van der Waals surface area (Å²) in [5.41, 5.74) is 1.85. The maximum atomic E-state index is 13.5. The van der Waals surface area contributed by atoms with Crippen LogP contribution in [0.15, 0.2) is 40.9 Å². The summed E-state index contributed by atoms with van der Waals surface area (Å²) in [6.07, 6.45) is 0.265. The summed E-state index contributed by atoms with van der Waals surface area (Å²) in [6, 6.07) is 9.95. The van der Waals surface area contributed by atoms with Crippen LogP contribution < -0.4 is 14.4 Å². The average molecular weight is 397 g/mol. The second-order valence-electron chi connectivity index (χ2n) is 6.87. The summed E-state index contributed by atoms with van der Waals surface area (Å²) < 4.78 is 29.5. The van der Waals surface area contributed by atoms with Crippen molar-refractivity contribution in [3.8, 4) is 23.0 Å². The van der Waals surface area contributed by atoms with Crippen molar-refractivity contribution in [2.24, 2.45) is 0 Å². The molecule has 3 aromatic rings. The predicted octanol–water partition coefficient (Wildman–Crippen LogP) is 3.72. The van der Waals surface area contributed by atoms with Gasteiger partial charge in [0.2, 0.25) is 5.91 Å². The van der Waals surface area contributed by atoms with Crippen LogP contribution in [0.2, 0.25) is 0 Å². The first-order chi connectivity index (χ1) is 14.0. The van der Waals surface area contributed by atoms with E-state index in [1.807, 2.05) is 0 Å². The van der Waals surface area contributed by atoms with Gasteiger partial charge in [-0.1, -0.05) is 5.16 Å². The third-order valence-corrected chi connectivity index (χ3v) is 5.02. The van der Waals surface area contributed by atoms with Gasteiger partial charge in [0.05, 0.1) is 14.2 Å². The Bertz CT molecular complexity index is 1070. The number of aryl methyl sites for hydroxylation is 1. The molecule has 0 radical (unpaired) electrons. The number of ether oxygens (including phenoxy) is 2. The van der Waals surface area contributed by atoms with Crippen LogP contribution in [0.4, 0.5) is 10.1 Å². The molecule has 29 heavy (non-hydrogen) atoms. The first-order valence-corrected chi connectivity index (χ1v) is 9.12. The number of methoxy groups -OCH3 is 2. The molecule has 1 aliphatic heterocycles. The zero-order valence-electron chi connectivity index (χ0n) is 16.3. The lowest BCUT2D eigenvalue weighted by molar-refractivity contribution is -0.117. The Labute approximate surface area is 167 Å². The summed E-state index contributed by atoms with van der Waals surface area (Å²) in [5.74, 6) is 1.40. The number of rotatable bonds is 5. The zero-order valence-corrected chi connectivity index (χ0v) is 16.3. The highest BCUT2D eigenvalue weighted by Crippen LogP contribution is 2.34. The normalized spacial score (nSPS) is 16.3. The molecule has 1 aliphatic rings. The Balaban J connectivity index is 1.56. The highest BCUT2D eigenvalue weighted by molar-refractivity contribution is 5.96. The topological polar surface area (TPSA) is 77.7 Å². The van der Waals surface area contributed by atoms with Crippen LogP contribution >= 0.6 is 0 Å². The smallest absolute Gasteiger partial charge is 0.258 e. The largest absolute Gasteiger partial charge is 0.493 e. The van der Waals surface area contributed by atoms with E-state index in [2.05, 4.69) is 10.1 Å².